The van der Waals surface area contributed by atoms with Gasteiger partial charge in [-0.3, -0.25) is 14.5 Å². The number of rotatable bonds is 7. The molecule has 1 aromatic carbocycles. The van der Waals surface area contributed by atoms with Gasteiger partial charge in [-0.15, -0.1) is 0 Å². The van der Waals surface area contributed by atoms with Crippen LogP contribution in [-0.4, -0.2) is 47.3 Å². The van der Waals surface area contributed by atoms with Gasteiger partial charge in [-0.25, -0.2) is 4.79 Å². The molecule has 1 saturated heterocycles. The van der Waals surface area contributed by atoms with Gasteiger partial charge in [-0.2, -0.15) is 0 Å². The number of unbranched alkanes of at least 4 members (excludes halogenated alkanes) is 1. The minimum atomic E-state index is -1.33. The van der Waals surface area contributed by atoms with E-state index in [0.29, 0.717) is 23.7 Å². The quantitative estimate of drug-likeness (QED) is 0.714. The summed E-state index contributed by atoms with van der Waals surface area (Å²) in [5.74, 6) is -0.762. The third kappa shape index (κ3) is 3.96. The van der Waals surface area contributed by atoms with Crippen molar-refractivity contribution in [2.24, 2.45) is 0 Å². The van der Waals surface area contributed by atoms with Gasteiger partial charge < -0.3 is 10.2 Å². The van der Waals surface area contributed by atoms with Crippen LogP contribution in [0.15, 0.2) is 18.2 Å². The molecule has 8 heteroatoms. The van der Waals surface area contributed by atoms with Crippen molar-refractivity contribution in [2.75, 3.05) is 19.6 Å². The Morgan fingerprint density at radius 1 is 1.27 bits per heavy atom. The van der Waals surface area contributed by atoms with E-state index in [1.54, 1.807) is 24.0 Å². The minimum Gasteiger partial charge on any atom is -0.341 e. The Balaban J connectivity index is 2.21. The average molecular weight is 400 g/mol. The third-order valence-corrected chi connectivity index (χ3v) is 5.10. The summed E-state index contributed by atoms with van der Waals surface area (Å²) >= 11 is 12.1. The number of likely N-dealkylation sites (N-methyl/N-ethyl adjacent to an activating group) is 1. The van der Waals surface area contributed by atoms with Crippen LogP contribution in [-0.2, 0) is 15.1 Å². The van der Waals surface area contributed by atoms with E-state index >= 15 is 0 Å². The predicted molar refractivity (Wildman–Crippen MR) is 101 cm³/mol. The number of hydrogen-bond donors (Lipinski definition) is 1. The normalized spacial score (nSPS) is 19.7. The highest BCUT2D eigenvalue weighted by Gasteiger charge is 2.50. The van der Waals surface area contributed by atoms with Crippen LogP contribution in [0.3, 0.4) is 0 Å². The van der Waals surface area contributed by atoms with Gasteiger partial charge in [-0.1, -0.05) is 42.6 Å². The van der Waals surface area contributed by atoms with E-state index in [-0.39, 0.29) is 17.5 Å². The Morgan fingerprint density at radius 2 is 1.96 bits per heavy atom. The van der Waals surface area contributed by atoms with Gasteiger partial charge in [0.2, 0.25) is 5.91 Å². The van der Waals surface area contributed by atoms with Crippen molar-refractivity contribution in [1.82, 2.24) is 15.1 Å². The van der Waals surface area contributed by atoms with Gasteiger partial charge in [0.25, 0.3) is 5.91 Å². The summed E-state index contributed by atoms with van der Waals surface area (Å²) in [7, 11) is 0. The van der Waals surface area contributed by atoms with Crippen molar-refractivity contribution in [1.29, 1.82) is 0 Å². The summed E-state index contributed by atoms with van der Waals surface area (Å²) < 4.78 is 0. The first-order valence-electron chi connectivity index (χ1n) is 8.62. The van der Waals surface area contributed by atoms with Crippen molar-refractivity contribution in [2.45, 2.75) is 39.2 Å². The Labute approximate surface area is 163 Å². The largest absolute Gasteiger partial charge is 0.341 e. The van der Waals surface area contributed by atoms with Crippen LogP contribution in [0.25, 0.3) is 0 Å². The molecule has 1 heterocycles. The fourth-order valence-electron chi connectivity index (χ4n) is 2.96. The number of imide groups is 1. The van der Waals surface area contributed by atoms with Gasteiger partial charge in [0.1, 0.15) is 12.1 Å². The zero-order valence-corrected chi connectivity index (χ0v) is 16.7. The number of hydrogen-bond acceptors (Lipinski definition) is 3. The highest BCUT2D eigenvalue weighted by atomic mass is 35.5. The summed E-state index contributed by atoms with van der Waals surface area (Å²) in [6.07, 6.45) is 1.83. The summed E-state index contributed by atoms with van der Waals surface area (Å²) in [5.41, 5.74) is -0.894. The third-order valence-electron chi connectivity index (χ3n) is 4.55. The van der Waals surface area contributed by atoms with Gasteiger partial charge in [0.15, 0.2) is 0 Å². The van der Waals surface area contributed by atoms with Crippen LogP contribution in [0.4, 0.5) is 4.79 Å². The molecular formula is C18H23Cl2N3O3. The first-order valence-corrected chi connectivity index (χ1v) is 9.37. The maximum Gasteiger partial charge on any atom is 0.325 e. The molecule has 0 radical (unpaired) electrons. The summed E-state index contributed by atoms with van der Waals surface area (Å²) in [5, 5.41) is 3.36. The average Bonchev–Trinajstić information content (AvgIpc) is 2.79. The molecule has 6 nitrogen and oxygen atoms in total. The molecule has 1 fully saturated rings. The number of nitrogens with zero attached hydrogens (tertiary/aromatic N) is 2. The lowest BCUT2D eigenvalue weighted by Crippen LogP contribution is -2.44. The molecular weight excluding hydrogens is 377 g/mol. The van der Waals surface area contributed by atoms with Crippen molar-refractivity contribution in [3.05, 3.63) is 33.8 Å². The maximum absolute atomic E-state index is 12.9. The number of nitrogens with one attached hydrogen (secondary N) is 1. The summed E-state index contributed by atoms with van der Waals surface area (Å²) in [6.45, 7) is 6.33. The van der Waals surface area contributed by atoms with Crippen LogP contribution < -0.4 is 5.32 Å². The van der Waals surface area contributed by atoms with E-state index in [1.807, 2.05) is 13.8 Å². The minimum absolute atomic E-state index is 0.254. The first kappa shape index (κ1) is 20.5. The summed E-state index contributed by atoms with van der Waals surface area (Å²) in [6, 6.07) is 4.11. The van der Waals surface area contributed by atoms with Crippen LogP contribution in [0.5, 0.6) is 0 Å². The molecule has 26 heavy (non-hydrogen) atoms. The topological polar surface area (TPSA) is 69.7 Å². The number of carbonyl (C=O) groups excluding carboxylic acids is 3. The molecule has 4 amide bonds. The predicted octanol–water partition coefficient (Wildman–Crippen LogP) is 3.41. The highest BCUT2D eigenvalue weighted by molar-refractivity contribution is 6.35. The monoisotopic (exact) mass is 399 g/mol. The fourth-order valence-corrected chi connectivity index (χ4v) is 3.56. The van der Waals surface area contributed by atoms with Gasteiger partial charge >= 0.3 is 6.03 Å². The van der Waals surface area contributed by atoms with Crippen LogP contribution in [0, 0.1) is 0 Å². The molecule has 0 spiro atoms. The first-order chi connectivity index (χ1) is 12.2. The molecule has 0 aliphatic carbocycles. The Bertz CT molecular complexity index is 726. The molecule has 1 aliphatic heterocycles. The summed E-state index contributed by atoms with van der Waals surface area (Å²) in [4.78, 5) is 40.4. The molecule has 1 aliphatic rings. The zero-order valence-electron chi connectivity index (χ0n) is 15.1. The molecule has 2 rings (SSSR count). The Hall–Kier alpha value is -1.79. The number of benzene rings is 1. The van der Waals surface area contributed by atoms with E-state index in [2.05, 4.69) is 5.32 Å². The van der Waals surface area contributed by atoms with E-state index in [1.165, 1.54) is 6.07 Å². The van der Waals surface area contributed by atoms with Gasteiger partial charge in [-0.05, 0) is 32.4 Å². The molecule has 1 aromatic rings. The second-order valence-corrected chi connectivity index (χ2v) is 7.24. The van der Waals surface area contributed by atoms with Crippen molar-refractivity contribution < 1.29 is 14.4 Å². The SMILES string of the molecule is CCCCN(CC)C(=O)CN1C(=O)N[C@](C)(c2ccc(Cl)cc2Cl)C1=O. The molecule has 0 bridgehead atoms. The number of halogens is 2. The fraction of sp³-hybridized carbons (Fsp3) is 0.500. The number of urea groups is 1. The molecule has 0 unspecified atom stereocenters. The second kappa shape index (κ2) is 8.27. The highest BCUT2D eigenvalue weighted by Crippen LogP contribution is 2.34. The molecule has 142 valence electrons. The maximum atomic E-state index is 12.9. The molecule has 0 saturated carbocycles. The lowest BCUT2D eigenvalue weighted by atomic mass is 9.92. The molecule has 1 N–H and O–H groups in total. The van der Waals surface area contributed by atoms with E-state index in [0.717, 1.165) is 17.7 Å². The standard InChI is InChI=1S/C18H23Cl2N3O3/c1-4-6-9-22(5-2)15(24)11-23-16(25)18(3,21-17(23)26)13-8-7-12(19)10-14(13)20/h7-8,10H,4-6,9,11H2,1-3H3,(H,21,26)/t18-/m1/s1. The lowest BCUT2D eigenvalue weighted by molar-refractivity contribution is -0.138. The van der Waals surface area contributed by atoms with Crippen LogP contribution in [0.2, 0.25) is 10.0 Å². The van der Waals surface area contributed by atoms with Crippen molar-refractivity contribution in [3.8, 4) is 0 Å². The van der Waals surface area contributed by atoms with Crippen LogP contribution in [0.1, 0.15) is 39.2 Å². The Morgan fingerprint density at radius 3 is 2.54 bits per heavy atom. The number of amides is 4. The zero-order chi connectivity index (χ0) is 19.5. The van der Waals surface area contributed by atoms with Gasteiger partial charge in [0, 0.05) is 28.7 Å². The van der Waals surface area contributed by atoms with Crippen molar-refractivity contribution >= 4 is 41.0 Å². The van der Waals surface area contributed by atoms with Gasteiger partial charge in [0.05, 0.1) is 0 Å². The molecule has 0 aromatic heterocycles. The van der Waals surface area contributed by atoms with E-state index in [4.69, 9.17) is 23.2 Å². The van der Waals surface area contributed by atoms with E-state index < -0.39 is 17.5 Å². The smallest absolute Gasteiger partial charge is 0.325 e. The lowest BCUT2D eigenvalue weighted by Gasteiger charge is -2.25. The Kier molecular flexibility index (Phi) is 6.53. The van der Waals surface area contributed by atoms with E-state index in [9.17, 15) is 14.4 Å². The van der Waals surface area contributed by atoms with Crippen LogP contribution >= 0.6 is 23.2 Å². The second-order valence-electron chi connectivity index (χ2n) is 6.40. The number of carbonyl (C=O) groups is 3. The van der Waals surface area contributed by atoms with Crippen molar-refractivity contribution in [3.63, 3.8) is 0 Å². The molecule has 1 atom stereocenters.